The van der Waals surface area contributed by atoms with Gasteiger partial charge in [0.2, 0.25) is 0 Å². The molecule has 3 aromatic rings. The Labute approximate surface area is 146 Å². The van der Waals surface area contributed by atoms with Crippen LogP contribution in [0.15, 0.2) is 45.5 Å². The molecule has 0 aliphatic carbocycles. The summed E-state index contributed by atoms with van der Waals surface area (Å²) in [5, 5.41) is 1.21. The fraction of sp³-hybridized carbons (Fsp3) is 0.176. The maximum absolute atomic E-state index is 6.04. The molecule has 0 saturated heterocycles. The Morgan fingerprint density at radius 3 is 2.55 bits per heavy atom. The Kier molecular flexibility index (Phi) is 4.45. The van der Waals surface area contributed by atoms with E-state index in [0.29, 0.717) is 5.69 Å². The quantitative estimate of drug-likeness (QED) is 0.504. The zero-order valence-electron chi connectivity index (χ0n) is 12.1. The number of aromatic nitrogens is 1. The number of anilines is 1. The predicted molar refractivity (Wildman–Crippen MR) is 98.6 cm³/mol. The van der Waals surface area contributed by atoms with Gasteiger partial charge in [-0.3, -0.25) is 0 Å². The van der Waals surface area contributed by atoms with Gasteiger partial charge in [0.25, 0.3) is 0 Å². The molecule has 0 bridgehead atoms. The van der Waals surface area contributed by atoms with Crippen LogP contribution in [0.4, 0.5) is 5.69 Å². The number of rotatable bonds is 4. The molecule has 3 nitrogen and oxygen atoms in total. The lowest BCUT2D eigenvalue weighted by Gasteiger charge is -2.11. The number of aromatic amines is 1. The number of aryl methyl sites for hydroxylation is 1. The molecule has 1 aromatic heterocycles. The number of H-pyrrole nitrogens is 1. The number of halogens is 2. The minimum Gasteiger partial charge on any atom is -0.455 e. The maximum Gasteiger partial charge on any atom is 0.155 e. The highest BCUT2D eigenvalue weighted by atomic mass is 79.9. The largest absolute Gasteiger partial charge is 0.455 e. The van der Waals surface area contributed by atoms with Crippen LogP contribution in [-0.2, 0) is 6.42 Å². The van der Waals surface area contributed by atoms with Crippen molar-refractivity contribution in [2.45, 2.75) is 19.8 Å². The highest BCUT2D eigenvalue weighted by molar-refractivity contribution is 9.11. The standard InChI is InChI=1S/C17H16Br2N2O/c1-2-3-10-9-21-16-5-4-12(8-13(10)16)22-17-14(18)6-11(20)7-15(17)19/h4-9,21H,2-3,20H2,1H3. The normalized spacial score (nSPS) is 11.0. The molecule has 0 fully saturated rings. The van der Waals surface area contributed by atoms with Crippen molar-refractivity contribution in [3.05, 3.63) is 51.0 Å². The predicted octanol–water partition coefficient (Wildman–Crippen LogP) is 6.02. The Morgan fingerprint density at radius 1 is 1.14 bits per heavy atom. The second-order valence-corrected chi connectivity index (χ2v) is 6.90. The third kappa shape index (κ3) is 3.01. The summed E-state index contributed by atoms with van der Waals surface area (Å²) in [4.78, 5) is 3.30. The fourth-order valence-electron chi connectivity index (χ4n) is 2.49. The SMILES string of the molecule is CCCc1c[nH]c2ccc(Oc3c(Br)cc(N)cc3Br)cc12. The highest BCUT2D eigenvalue weighted by Gasteiger charge is 2.11. The molecule has 0 radical (unpaired) electrons. The van der Waals surface area contributed by atoms with E-state index in [1.807, 2.05) is 24.3 Å². The summed E-state index contributed by atoms with van der Waals surface area (Å²) >= 11 is 6.99. The van der Waals surface area contributed by atoms with E-state index in [4.69, 9.17) is 10.5 Å². The Bertz CT molecular complexity index is 804. The lowest BCUT2D eigenvalue weighted by Crippen LogP contribution is -1.91. The summed E-state index contributed by atoms with van der Waals surface area (Å²) in [5.74, 6) is 1.52. The van der Waals surface area contributed by atoms with E-state index in [2.05, 4.69) is 56.0 Å². The smallest absolute Gasteiger partial charge is 0.155 e. The number of nitrogens with two attached hydrogens (primary N) is 1. The molecule has 0 aliphatic heterocycles. The van der Waals surface area contributed by atoms with Gasteiger partial charge in [0.05, 0.1) is 8.95 Å². The second-order valence-electron chi connectivity index (χ2n) is 5.19. The van der Waals surface area contributed by atoms with Crippen molar-refractivity contribution >= 4 is 48.5 Å². The molecule has 2 aromatic carbocycles. The van der Waals surface area contributed by atoms with Crippen molar-refractivity contribution in [2.75, 3.05) is 5.73 Å². The first-order chi connectivity index (χ1) is 10.6. The molecular weight excluding hydrogens is 408 g/mol. The minimum atomic E-state index is 0.678. The molecule has 1 heterocycles. The Balaban J connectivity index is 1.99. The van der Waals surface area contributed by atoms with Crippen molar-refractivity contribution in [3.8, 4) is 11.5 Å². The van der Waals surface area contributed by atoms with Crippen LogP contribution in [0.1, 0.15) is 18.9 Å². The summed E-state index contributed by atoms with van der Waals surface area (Å²) in [6.07, 6.45) is 4.25. The summed E-state index contributed by atoms with van der Waals surface area (Å²) < 4.78 is 7.69. The van der Waals surface area contributed by atoms with Gasteiger partial charge in [-0.05, 0) is 74.2 Å². The van der Waals surface area contributed by atoms with E-state index >= 15 is 0 Å². The van der Waals surface area contributed by atoms with Crippen LogP contribution in [0.25, 0.3) is 10.9 Å². The monoisotopic (exact) mass is 422 g/mol. The van der Waals surface area contributed by atoms with Gasteiger partial charge in [0.15, 0.2) is 5.75 Å². The van der Waals surface area contributed by atoms with Crippen LogP contribution in [0.2, 0.25) is 0 Å². The number of hydrogen-bond acceptors (Lipinski definition) is 2. The summed E-state index contributed by atoms with van der Waals surface area (Å²) in [6, 6.07) is 9.74. The lowest BCUT2D eigenvalue weighted by molar-refractivity contribution is 0.477. The van der Waals surface area contributed by atoms with Crippen molar-refractivity contribution in [2.24, 2.45) is 0 Å². The van der Waals surface area contributed by atoms with Gasteiger partial charge in [0, 0.05) is 22.8 Å². The Hall–Kier alpha value is -1.46. The molecule has 0 atom stereocenters. The van der Waals surface area contributed by atoms with Crippen molar-refractivity contribution < 1.29 is 4.74 Å². The van der Waals surface area contributed by atoms with E-state index < -0.39 is 0 Å². The number of nitrogen functional groups attached to an aromatic ring is 1. The van der Waals surface area contributed by atoms with Crippen LogP contribution < -0.4 is 10.5 Å². The maximum atomic E-state index is 6.04. The van der Waals surface area contributed by atoms with Crippen LogP contribution in [0.5, 0.6) is 11.5 Å². The van der Waals surface area contributed by atoms with Crippen LogP contribution in [-0.4, -0.2) is 4.98 Å². The van der Waals surface area contributed by atoms with Gasteiger partial charge < -0.3 is 15.5 Å². The number of hydrogen-bond donors (Lipinski definition) is 2. The van der Waals surface area contributed by atoms with Crippen molar-refractivity contribution in [3.63, 3.8) is 0 Å². The highest BCUT2D eigenvalue weighted by Crippen LogP contribution is 2.39. The zero-order chi connectivity index (χ0) is 15.7. The van der Waals surface area contributed by atoms with Gasteiger partial charge in [-0.2, -0.15) is 0 Å². The van der Waals surface area contributed by atoms with Crippen LogP contribution in [0.3, 0.4) is 0 Å². The molecule has 0 unspecified atom stereocenters. The summed E-state index contributed by atoms with van der Waals surface area (Å²) in [7, 11) is 0. The van der Waals surface area contributed by atoms with Crippen LogP contribution >= 0.6 is 31.9 Å². The van der Waals surface area contributed by atoms with E-state index in [9.17, 15) is 0 Å². The molecule has 5 heteroatoms. The number of fused-ring (bicyclic) bond motifs is 1. The lowest BCUT2D eigenvalue weighted by atomic mass is 10.1. The molecule has 3 N–H and O–H groups in total. The van der Waals surface area contributed by atoms with Gasteiger partial charge in [-0.1, -0.05) is 13.3 Å². The molecule has 22 heavy (non-hydrogen) atoms. The third-order valence-electron chi connectivity index (χ3n) is 3.50. The van der Waals surface area contributed by atoms with Gasteiger partial charge in [-0.15, -0.1) is 0 Å². The second kappa shape index (κ2) is 6.34. The Morgan fingerprint density at radius 2 is 1.86 bits per heavy atom. The molecule has 0 aliphatic rings. The van der Waals surface area contributed by atoms with E-state index in [1.54, 1.807) is 0 Å². The minimum absolute atomic E-state index is 0.678. The van der Waals surface area contributed by atoms with E-state index in [1.165, 1.54) is 10.9 Å². The molecule has 114 valence electrons. The molecule has 3 rings (SSSR count). The van der Waals surface area contributed by atoms with Crippen LogP contribution in [0, 0.1) is 0 Å². The molecule has 0 saturated carbocycles. The molecule has 0 amide bonds. The molecule has 0 spiro atoms. The zero-order valence-corrected chi connectivity index (χ0v) is 15.3. The van der Waals surface area contributed by atoms with Crippen molar-refractivity contribution in [1.29, 1.82) is 0 Å². The first-order valence-corrected chi connectivity index (χ1v) is 8.69. The van der Waals surface area contributed by atoms with E-state index in [0.717, 1.165) is 38.8 Å². The average molecular weight is 424 g/mol. The summed E-state index contributed by atoms with van der Waals surface area (Å²) in [5.41, 5.74) is 8.94. The molecular formula is C17H16Br2N2O. The van der Waals surface area contributed by atoms with Gasteiger partial charge in [0.1, 0.15) is 5.75 Å². The number of benzene rings is 2. The topological polar surface area (TPSA) is 51.0 Å². The first-order valence-electron chi connectivity index (χ1n) is 7.11. The summed E-state index contributed by atoms with van der Waals surface area (Å²) in [6.45, 7) is 2.18. The fourth-order valence-corrected chi connectivity index (χ4v) is 3.88. The first kappa shape index (κ1) is 15.4. The number of ether oxygens (including phenoxy) is 1. The van der Waals surface area contributed by atoms with Gasteiger partial charge in [-0.25, -0.2) is 0 Å². The average Bonchev–Trinajstić information content (AvgIpc) is 2.86. The third-order valence-corrected chi connectivity index (χ3v) is 4.68. The van der Waals surface area contributed by atoms with E-state index in [-0.39, 0.29) is 0 Å². The van der Waals surface area contributed by atoms with Crippen molar-refractivity contribution in [1.82, 2.24) is 4.98 Å². The van der Waals surface area contributed by atoms with Gasteiger partial charge >= 0.3 is 0 Å². The number of nitrogens with one attached hydrogen (secondary N) is 1.